The van der Waals surface area contributed by atoms with Crippen molar-refractivity contribution in [3.63, 3.8) is 0 Å². The van der Waals surface area contributed by atoms with Crippen molar-refractivity contribution in [1.82, 2.24) is 0 Å². The molecule has 1 heterocycles. The predicted molar refractivity (Wildman–Crippen MR) is 154 cm³/mol. The van der Waals surface area contributed by atoms with E-state index in [0.717, 1.165) is 28.7 Å². The van der Waals surface area contributed by atoms with Crippen LogP contribution >= 0.6 is 0 Å². The van der Waals surface area contributed by atoms with Crippen LogP contribution in [0.3, 0.4) is 0 Å². The zero-order valence-electron chi connectivity index (χ0n) is 23.3. The normalized spacial score (nSPS) is 14.4. The third-order valence-corrected chi connectivity index (χ3v) is 6.45. The minimum atomic E-state index is -0.525. The molecule has 1 aliphatic rings. The predicted octanol–water partition coefficient (Wildman–Crippen LogP) is 6.66. The van der Waals surface area contributed by atoms with Crippen LogP contribution in [0.2, 0.25) is 0 Å². The van der Waals surface area contributed by atoms with Gasteiger partial charge in [-0.05, 0) is 61.6 Å². The van der Waals surface area contributed by atoms with Crippen LogP contribution in [-0.2, 0) is 4.79 Å². The highest BCUT2D eigenvalue weighted by Gasteiger charge is 2.31. The van der Waals surface area contributed by atoms with Gasteiger partial charge in [-0.3, -0.25) is 0 Å². The molecule has 4 rings (SSSR count). The SMILES string of the molecule is CCOc1cc(C2C(C#N)=C(N)Oc3cc(OC(=O)/C=C/c4ccc(C)cc4)ccc32)ccc1OCCC(C)C. The van der Waals surface area contributed by atoms with Crippen LogP contribution in [0.25, 0.3) is 6.08 Å². The van der Waals surface area contributed by atoms with Crippen LogP contribution in [0.5, 0.6) is 23.0 Å². The molecule has 0 spiro atoms. The van der Waals surface area contributed by atoms with E-state index >= 15 is 0 Å². The summed E-state index contributed by atoms with van der Waals surface area (Å²) >= 11 is 0. The van der Waals surface area contributed by atoms with Crippen LogP contribution < -0.4 is 24.7 Å². The number of esters is 1. The molecule has 0 aromatic heterocycles. The monoisotopic (exact) mass is 538 g/mol. The lowest BCUT2D eigenvalue weighted by Gasteiger charge is -2.27. The smallest absolute Gasteiger partial charge is 0.336 e. The number of ether oxygens (including phenoxy) is 4. The number of hydrogen-bond donors (Lipinski definition) is 1. The van der Waals surface area contributed by atoms with E-state index in [9.17, 15) is 10.1 Å². The van der Waals surface area contributed by atoms with Gasteiger partial charge in [0.05, 0.1) is 19.1 Å². The minimum absolute atomic E-state index is 0.00189. The van der Waals surface area contributed by atoms with Crippen molar-refractivity contribution >= 4 is 12.0 Å². The van der Waals surface area contributed by atoms with Gasteiger partial charge in [-0.1, -0.05) is 55.8 Å². The number of aryl methyl sites for hydroxylation is 1. The molecule has 3 aromatic carbocycles. The quantitative estimate of drug-likeness (QED) is 0.175. The van der Waals surface area contributed by atoms with Crippen molar-refractivity contribution in [3.8, 4) is 29.1 Å². The lowest BCUT2D eigenvalue weighted by molar-refractivity contribution is -0.128. The molecule has 0 bridgehead atoms. The van der Waals surface area contributed by atoms with Crippen LogP contribution in [0.15, 0.2) is 78.2 Å². The zero-order chi connectivity index (χ0) is 28.6. The molecule has 0 aliphatic carbocycles. The minimum Gasteiger partial charge on any atom is -0.490 e. The zero-order valence-corrected chi connectivity index (χ0v) is 23.3. The summed E-state index contributed by atoms with van der Waals surface area (Å²) in [7, 11) is 0. The Morgan fingerprint density at radius 2 is 1.85 bits per heavy atom. The number of hydrogen-bond acceptors (Lipinski definition) is 7. The third kappa shape index (κ3) is 6.83. The van der Waals surface area contributed by atoms with E-state index in [2.05, 4.69) is 19.9 Å². The van der Waals surface area contributed by atoms with Gasteiger partial charge in [0.25, 0.3) is 0 Å². The average molecular weight is 539 g/mol. The molecule has 0 saturated heterocycles. The second-order valence-electron chi connectivity index (χ2n) is 9.96. The van der Waals surface area contributed by atoms with Crippen LogP contribution in [0.1, 0.15) is 55.4 Å². The molecule has 206 valence electrons. The van der Waals surface area contributed by atoms with E-state index in [4.69, 9.17) is 24.7 Å². The molecule has 7 heteroatoms. The standard InChI is InChI=1S/C33H34N2O5/c1-5-37-30-18-24(11-14-28(30)38-17-16-21(2)3)32-26-13-12-25(19-29(26)40-33(35)27(32)20-34)39-31(36)15-10-23-8-6-22(4)7-9-23/h6-15,18-19,21,32H,5,16-17,35H2,1-4H3/b15-10+. The van der Waals surface area contributed by atoms with Gasteiger partial charge in [0.2, 0.25) is 5.88 Å². The first-order valence-corrected chi connectivity index (χ1v) is 13.4. The summed E-state index contributed by atoms with van der Waals surface area (Å²) in [6, 6.07) is 20.7. The number of nitrogens with two attached hydrogens (primary N) is 1. The van der Waals surface area contributed by atoms with E-state index in [1.165, 1.54) is 6.08 Å². The Hall–Kier alpha value is -4.70. The summed E-state index contributed by atoms with van der Waals surface area (Å²) < 4.78 is 23.2. The van der Waals surface area contributed by atoms with E-state index < -0.39 is 11.9 Å². The molecule has 0 fully saturated rings. The molecule has 7 nitrogen and oxygen atoms in total. The first-order chi connectivity index (χ1) is 19.3. The van der Waals surface area contributed by atoms with Gasteiger partial charge >= 0.3 is 5.97 Å². The van der Waals surface area contributed by atoms with Crippen molar-refractivity contribution in [2.24, 2.45) is 11.7 Å². The first kappa shape index (κ1) is 28.3. The first-order valence-electron chi connectivity index (χ1n) is 13.4. The van der Waals surface area contributed by atoms with Gasteiger partial charge in [0.1, 0.15) is 23.1 Å². The highest BCUT2D eigenvalue weighted by Crippen LogP contribution is 2.45. The van der Waals surface area contributed by atoms with Crippen molar-refractivity contribution < 1.29 is 23.7 Å². The highest BCUT2D eigenvalue weighted by atomic mass is 16.5. The Kier molecular flexibility index (Phi) is 9.13. The molecule has 1 unspecified atom stereocenters. The van der Waals surface area contributed by atoms with Gasteiger partial charge in [0.15, 0.2) is 11.5 Å². The maximum Gasteiger partial charge on any atom is 0.336 e. The Labute approximate surface area is 235 Å². The van der Waals surface area contributed by atoms with Gasteiger partial charge in [-0.2, -0.15) is 5.26 Å². The van der Waals surface area contributed by atoms with Crippen molar-refractivity contribution in [1.29, 1.82) is 5.26 Å². The molecule has 0 radical (unpaired) electrons. The summed E-state index contributed by atoms with van der Waals surface area (Å²) in [6.07, 6.45) is 3.99. The molecule has 40 heavy (non-hydrogen) atoms. The lowest BCUT2D eigenvalue weighted by Crippen LogP contribution is -2.21. The van der Waals surface area contributed by atoms with E-state index in [-0.39, 0.29) is 11.5 Å². The Balaban J connectivity index is 1.60. The largest absolute Gasteiger partial charge is 0.490 e. The molecule has 3 aromatic rings. The Morgan fingerprint density at radius 3 is 2.55 bits per heavy atom. The van der Waals surface area contributed by atoms with Crippen LogP contribution in [0, 0.1) is 24.2 Å². The van der Waals surface area contributed by atoms with Gasteiger partial charge in [0, 0.05) is 17.7 Å². The number of nitriles is 1. The highest BCUT2D eigenvalue weighted by molar-refractivity contribution is 5.88. The summed E-state index contributed by atoms with van der Waals surface area (Å²) in [5.74, 6) is 1.45. The number of carbonyl (C=O) groups excluding carboxylic acids is 1. The number of fused-ring (bicyclic) bond motifs is 1. The number of benzene rings is 3. The number of nitrogens with zero attached hydrogens (tertiary/aromatic N) is 1. The third-order valence-electron chi connectivity index (χ3n) is 6.45. The molecule has 0 amide bonds. The summed E-state index contributed by atoms with van der Waals surface area (Å²) in [5.41, 5.74) is 10.0. The molecule has 0 saturated carbocycles. The van der Waals surface area contributed by atoms with Crippen molar-refractivity contribution in [2.75, 3.05) is 13.2 Å². The van der Waals surface area contributed by atoms with Crippen LogP contribution in [0.4, 0.5) is 0 Å². The van der Waals surface area contributed by atoms with Crippen molar-refractivity contribution in [3.05, 3.63) is 100 Å². The second kappa shape index (κ2) is 12.9. The average Bonchev–Trinajstić information content (AvgIpc) is 2.92. The Bertz CT molecular complexity index is 1470. The topological polar surface area (TPSA) is 104 Å². The number of rotatable bonds is 10. The Morgan fingerprint density at radius 1 is 1.07 bits per heavy atom. The van der Waals surface area contributed by atoms with Gasteiger partial charge in [-0.25, -0.2) is 4.79 Å². The fraction of sp³-hybridized carbons (Fsp3) is 0.273. The van der Waals surface area contributed by atoms with Gasteiger partial charge < -0.3 is 24.7 Å². The maximum atomic E-state index is 12.5. The maximum absolute atomic E-state index is 12.5. The summed E-state index contributed by atoms with van der Waals surface area (Å²) in [5, 5.41) is 9.96. The molecular weight excluding hydrogens is 504 g/mol. The molecule has 1 aliphatic heterocycles. The van der Waals surface area contributed by atoms with E-state index in [1.54, 1.807) is 24.3 Å². The fourth-order valence-electron chi connectivity index (χ4n) is 4.33. The number of carbonyl (C=O) groups is 1. The van der Waals surface area contributed by atoms with E-state index in [1.807, 2.05) is 56.3 Å². The molecule has 2 N–H and O–H groups in total. The second-order valence-corrected chi connectivity index (χ2v) is 9.96. The van der Waals surface area contributed by atoms with E-state index in [0.29, 0.717) is 42.1 Å². The molecular formula is C33H34N2O5. The van der Waals surface area contributed by atoms with Crippen LogP contribution in [-0.4, -0.2) is 19.2 Å². The van der Waals surface area contributed by atoms with Gasteiger partial charge in [-0.15, -0.1) is 0 Å². The summed E-state index contributed by atoms with van der Waals surface area (Å²) in [4.78, 5) is 12.5. The lowest BCUT2D eigenvalue weighted by atomic mass is 9.83. The molecule has 1 atom stereocenters. The fourth-order valence-corrected chi connectivity index (χ4v) is 4.33. The number of allylic oxidation sites excluding steroid dienone is 1. The summed E-state index contributed by atoms with van der Waals surface area (Å²) in [6.45, 7) is 9.24. The van der Waals surface area contributed by atoms with Crippen molar-refractivity contribution in [2.45, 2.75) is 40.0 Å².